The number of amides is 1. The Balaban J connectivity index is 1.71. The first-order valence-electron chi connectivity index (χ1n) is 7.96. The summed E-state index contributed by atoms with van der Waals surface area (Å²) < 4.78 is 5.61. The van der Waals surface area contributed by atoms with E-state index >= 15 is 0 Å². The molecular formula is C17H24N2O2. The van der Waals surface area contributed by atoms with Crippen LogP contribution in [0.25, 0.3) is 0 Å². The molecule has 1 amide bonds. The Morgan fingerprint density at radius 2 is 2.00 bits per heavy atom. The van der Waals surface area contributed by atoms with Crippen LogP contribution in [-0.4, -0.2) is 30.0 Å². The number of rotatable bonds is 5. The van der Waals surface area contributed by atoms with Crippen molar-refractivity contribution < 1.29 is 9.53 Å². The Morgan fingerprint density at radius 3 is 2.62 bits per heavy atom. The lowest BCUT2D eigenvalue weighted by Gasteiger charge is -2.42. The van der Waals surface area contributed by atoms with Crippen LogP contribution >= 0.6 is 0 Å². The fourth-order valence-corrected chi connectivity index (χ4v) is 3.26. The van der Waals surface area contributed by atoms with E-state index in [4.69, 9.17) is 4.74 Å². The largest absolute Gasteiger partial charge is 0.494 e. The molecule has 1 aromatic carbocycles. The average Bonchev–Trinajstić information content (AvgIpc) is 2.84. The van der Waals surface area contributed by atoms with Crippen LogP contribution in [0.5, 0.6) is 5.75 Å². The third-order valence-electron chi connectivity index (χ3n) is 4.42. The van der Waals surface area contributed by atoms with Crippen molar-refractivity contribution in [1.29, 1.82) is 0 Å². The Labute approximate surface area is 126 Å². The highest BCUT2D eigenvalue weighted by Crippen LogP contribution is 2.37. The normalized spacial score (nSPS) is 28.6. The van der Waals surface area contributed by atoms with Gasteiger partial charge in [-0.2, -0.15) is 0 Å². The van der Waals surface area contributed by atoms with Crippen molar-refractivity contribution in [3.8, 4) is 5.75 Å². The topological polar surface area (TPSA) is 41.6 Å². The molecule has 4 nitrogen and oxygen atoms in total. The highest BCUT2D eigenvalue weighted by atomic mass is 16.5. The van der Waals surface area contributed by atoms with E-state index in [1.807, 2.05) is 17.0 Å². The van der Waals surface area contributed by atoms with Gasteiger partial charge in [0.25, 0.3) is 0 Å². The molecule has 1 atom stereocenters. The summed E-state index contributed by atoms with van der Waals surface area (Å²) in [6.45, 7) is 5.54. The number of hydrogen-bond acceptors (Lipinski definition) is 3. The number of ether oxygens (including phenoxy) is 1. The highest BCUT2D eigenvalue weighted by molar-refractivity contribution is 5.81. The second kappa shape index (κ2) is 6.06. The van der Waals surface area contributed by atoms with Gasteiger partial charge >= 0.3 is 0 Å². The Hall–Kier alpha value is -1.55. The van der Waals surface area contributed by atoms with Crippen LogP contribution in [0, 0.1) is 5.92 Å². The molecule has 1 aliphatic carbocycles. The van der Waals surface area contributed by atoms with Crippen molar-refractivity contribution in [3.05, 3.63) is 29.8 Å². The lowest BCUT2D eigenvalue weighted by Crippen LogP contribution is -2.46. The van der Waals surface area contributed by atoms with Gasteiger partial charge in [0.15, 0.2) is 0 Å². The Morgan fingerprint density at radius 1 is 1.29 bits per heavy atom. The molecule has 1 unspecified atom stereocenters. The molecule has 1 aromatic rings. The molecule has 1 aliphatic heterocycles. The summed E-state index contributed by atoms with van der Waals surface area (Å²) in [7, 11) is 0. The lowest BCUT2D eigenvalue weighted by atomic mass is 9.80. The SMILES string of the molecule is CCCOc1ccc(C2NCC(=O)N2C2CC(C)C2)cc1. The van der Waals surface area contributed by atoms with Gasteiger partial charge in [-0.25, -0.2) is 0 Å². The summed E-state index contributed by atoms with van der Waals surface area (Å²) in [4.78, 5) is 14.2. The van der Waals surface area contributed by atoms with E-state index in [9.17, 15) is 4.79 Å². The number of carbonyl (C=O) groups excluding carboxylic acids is 1. The average molecular weight is 288 g/mol. The van der Waals surface area contributed by atoms with E-state index < -0.39 is 0 Å². The van der Waals surface area contributed by atoms with Crippen molar-refractivity contribution >= 4 is 5.91 Å². The molecule has 1 N–H and O–H groups in total. The zero-order chi connectivity index (χ0) is 14.8. The molecule has 21 heavy (non-hydrogen) atoms. The summed E-state index contributed by atoms with van der Waals surface area (Å²) in [5, 5.41) is 3.33. The maximum atomic E-state index is 12.1. The predicted octanol–water partition coefficient (Wildman–Crippen LogP) is 2.70. The quantitative estimate of drug-likeness (QED) is 0.906. The fourth-order valence-electron chi connectivity index (χ4n) is 3.26. The highest BCUT2D eigenvalue weighted by Gasteiger charge is 2.41. The fraction of sp³-hybridized carbons (Fsp3) is 0.588. The summed E-state index contributed by atoms with van der Waals surface area (Å²) in [5.74, 6) is 1.87. The van der Waals surface area contributed by atoms with E-state index in [0.29, 0.717) is 12.6 Å². The van der Waals surface area contributed by atoms with Crippen LogP contribution < -0.4 is 10.1 Å². The summed E-state index contributed by atoms with van der Waals surface area (Å²) in [5.41, 5.74) is 1.14. The maximum Gasteiger partial charge on any atom is 0.238 e. The first-order chi connectivity index (χ1) is 10.2. The van der Waals surface area contributed by atoms with Crippen LogP contribution in [-0.2, 0) is 4.79 Å². The van der Waals surface area contributed by atoms with Crippen LogP contribution in [0.3, 0.4) is 0 Å². The van der Waals surface area contributed by atoms with Gasteiger partial charge in [0.05, 0.1) is 13.2 Å². The van der Waals surface area contributed by atoms with Gasteiger partial charge in [-0.15, -0.1) is 0 Å². The third kappa shape index (κ3) is 2.91. The molecule has 2 fully saturated rings. The standard InChI is InChI=1S/C17H24N2O2/c1-3-8-21-15-6-4-13(5-7-15)17-18-11-16(20)19(17)14-9-12(2)10-14/h4-7,12,14,17-18H,3,8-11H2,1-2H3. The van der Waals surface area contributed by atoms with Crippen LogP contribution in [0.1, 0.15) is 44.8 Å². The monoisotopic (exact) mass is 288 g/mol. The predicted molar refractivity (Wildman–Crippen MR) is 82.0 cm³/mol. The second-order valence-electron chi connectivity index (χ2n) is 6.23. The molecule has 1 saturated heterocycles. The maximum absolute atomic E-state index is 12.1. The van der Waals surface area contributed by atoms with E-state index in [0.717, 1.165) is 43.1 Å². The van der Waals surface area contributed by atoms with Gasteiger partial charge in [-0.05, 0) is 42.9 Å². The number of hydrogen-bond donors (Lipinski definition) is 1. The second-order valence-corrected chi connectivity index (χ2v) is 6.23. The molecule has 2 aliphatic rings. The zero-order valence-electron chi connectivity index (χ0n) is 12.8. The van der Waals surface area contributed by atoms with Crippen molar-refractivity contribution in [2.45, 2.75) is 45.3 Å². The molecule has 1 saturated carbocycles. The molecule has 0 bridgehead atoms. The summed E-state index contributed by atoms with van der Waals surface area (Å²) >= 11 is 0. The van der Waals surface area contributed by atoms with Crippen LogP contribution in [0.15, 0.2) is 24.3 Å². The van der Waals surface area contributed by atoms with E-state index in [1.54, 1.807) is 0 Å². The van der Waals surface area contributed by atoms with Gasteiger partial charge in [-0.3, -0.25) is 10.1 Å². The van der Waals surface area contributed by atoms with Crippen LogP contribution in [0.2, 0.25) is 0 Å². The minimum absolute atomic E-state index is 0.0234. The number of benzene rings is 1. The smallest absolute Gasteiger partial charge is 0.238 e. The first-order valence-corrected chi connectivity index (χ1v) is 7.96. The molecule has 114 valence electrons. The van der Waals surface area contributed by atoms with Crippen LogP contribution in [0.4, 0.5) is 0 Å². The molecule has 0 aromatic heterocycles. The van der Waals surface area contributed by atoms with Crippen molar-refractivity contribution in [2.24, 2.45) is 5.92 Å². The van der Waals surface area contributed by atoms with Gasteiger partial charge in [0.1, 0.15) is 11.9 Å². The minimum Gasteiger partial charge on any atom is -0.494 e. The van der Waals surface area contributed by atoms with Gasteiger partial charge in [-0.1, -0.05) is 26.0 Å². The van der Waals surface area contributed by atoms with E-state index in [1.165, 1.54) is 0 Å². The summed E-state index contributed by atoms with van der Waals surface area (Å²) in [6.07, 6.45) is 3.28. The molecule has 4 heteroatoms. The molecular weight excluding hydrogens is 264 g/mol. The number of nitrogens with zero attached hydrogens (tertiary/aromatic N) is 1. The zero-order valence-corrected chi connectivity index (χ0v) is 12.8. The van der Waals surface area contributed by atoms with Crippen molar-refractivity contribution in [2.75, 3.05) is 13.2 Å². The Kier molecular flexibility index (Phi) is 4.15. The van der Waals surface area contributed by atoms with Gasteiger partial charge in [0, 0.05) is 6.04 Å². The summed E-state index contributed by atoms with van der Waals surface area (Å²) in [6, 6.07) is 8.53. The van der Waals surface area contributed by atoms with Gasteiger partial charge < -0.3 is 9.64 Å². The molecule has 0 spiro atoms. The molecule has 0 radical (unpaired) electrons. The van der Waals surface area contributed by atoms with Crippen molar-refractivity contribution in [1.82, 2.24) is 10.2 Å². The minimum atomic E-state index is 0.0234. The van der Waals surface area contributed by atoms with E-state index in [-0.39, 0.29) is 12.1 Å². The first kappa shape index (κ1) is 14.4. The lowest BCUT2D eigenvalue weighted by molar-refractivity contribution is -0.133. The Bertz CT molecular complexity index is 494. The van der Waals surface area contributed by atoms with Crippen molar-refractivity contribution in [3.63, 3.8) is 0 Å². The molecule has 1 heterocycles. The number of carbonyl (C=O) groups is 1. The molecule has 3 rings (SSSR count). The number of nitrogens with one attached hydrogen (secondary N) is 1. The van der Waals surface area contributed by atoms with E-state index in [2.05, 4.69) is 31.3 Å². The van der Waals surface area contributed by atoms with Gasteiger partial charge in [0.2, 0.25) is 5.91 Å². The third-order valence-corrected chi connectivity index (χ3v) is 4.42.